The highest BCUT2D eigenvalue weighted by Crippen LogP contribution is 2.23. The number of pyridine rings is 1. The van der Waals surface area contributed by atoms with Gasteiger partial charge in [-0.25, -0.2) is 20.8 Å². The van der Waals surface area contributed by atoms with Crippen LogP contribution in [0.15, 0.2) is 43.1 Å². The lowest BCUT2D eigenvalue weighted by molar-refractivity contribution is 0.768. The molecule has 9 heteroatoms. The van der Waals surface area contributed by atoms with Crippen LogP contribution in [0.3, 0.4) is 0 Å². The smallest absolute Gasteiger partial charge is 0.186 e. The number of hydrogen-bond acceptors (Lipinski definition) is 7. The third-order valence-corrected chi connectivity index (χ3v) is 4.16. The zero-order chi connectivity index (χ0) is 18.3. The van der Waals surface area contributed by atoms with Gasteiger partial charge in [-0.05, 0) is 18.6 Å². The van der Waals surface area contributed by atoms with E-state index in [1.54, 1.807) is 17.1 Å². The Kier molecular flexibility index (Phi) is 3.77. The minimum absolute atomic E-state index is 0.278. The van der Waals surface area contributed by atoms with Crippen molar-refractivity contribution in [1.29, 1.82) is 0 Å². The first-order valence-electron chi connectivity index (χ1n) is 8.07. The average molecular weight is 349 g/mol. The van der Waals surface area contributed by atoms with Crippen molar-refractivity contribution in [3.05, 3.63) is 54.4 Å². The third-order valence-electron chi connectivity index (χ3n) is 4.16. The quantitative estimate of drug-likeness (QED) is 0.421. The predicted molar refractivity (Wildman–Crippen MR) is 98.9 cm³/mol. The lowest BCUT2D eigenvalue weighted by Crippen LogP contribution is -2.32. The van der Waals surface area contributed by atoms with Gasteiger partial charge in [-0.1, -0.05) is 6.07 Å². The number of nitrogens with zero attached hydrogens (tertiary/aromatic N) is 7. The molecule has 0 saturated heterocycles. The van der Waals surface area contributed by atoms with Crippen LogP contribution in [0.2, 0.25) is 0 Å². The van der Waals surface area contributed by atoms with Crippen molar-refractivity contribution in [2.24, 2.45) is 12.9 Å². The van der Waals surface area contributed by atoms with Crippen molar-refractivity contribution in [3.63, 3.8) is 0 Å². The van der Waals surface area contributed by atoms with Crippen LogP contribution in [0.1, 0.15) is 11.3 Å². The van der Waals surface area contributed by atoms with E-state index in [1.165, 1.54) is 5.01 Å². The number of fused-ring (bicyclic) bond motifs is 1. The van der Waals surface area contributed by atoms with Crippen LogP contribution in [0, 0.1) is 6.92 Å². The molecule has 0 radical (unpaired) electrons. The molecule has 132 valence electrons. The van der Waals surface area contributed by atoms with E-state index < -0.39 is 0 Å². The summed E-state index contributed by atoms with van der Waals surface area (Å²) in [5, 5.41) is 5.65. The summed E-state index contributed by atoms with van der Waals surface area (Å²) in [6.45, 7) is 2.44. The van der Waals surface area contributed by atoms with E-state index in [0.29, 0.717) is 18.1 Å². The van der Waals surface area contributed by atoms with Gasteiger partial charge in [0, 0.05) is 36.9 Å². The van der Waals surface area contributed by atoms with Crippen molar-refractivity contribution < 1.29 is 0 Å². The second kappa shape index (κ2) is 6.12. The second-order valence-electron chi connectivity index (χ2n) is 6.16. The van der Waals surface area contributed by atoms with Gasteiger partial charge in [0.1, 0.15) is 5.65 Å². The van der Waals surface area contributed by atoms with Gasteiger partial charge in [-0.15, -0.1) is 0 Å². The largest absolute Gasteiger partial charge is 0.381 e. The Morgan fingerprint density at radius 1 is 1.12 bits per heavy atom. The minimum atomic E-state index is 0.278. The van der Waals surface area contributed by atoms with Crippen molar-refractivity contribution in [2.45, 2.75) is 13.5 Å². The maximum absolute atomic E-state index is 6.24. The fourth-order valence-corrected chi connectivity index (χ4v) is 2.80. The molecule has 4 aromatic heterocycles. The van der Waals surface area contributed by atoms with Gasteiger partial charge in [-0.2, -0.15) is 5.10 Å². The van der Waals surface area contributed by atoms with Gasteiger partial charge in [0.05, 0.1) is 24.6 Å². The molecule has 0 aliphatic rings. The number of hydrazine groups is 1. The van der Waals surface area contributed by atoms with Gasteiger partial charge >= 0.3 is 0 Å². The standard InChI is InChI=1S/C17H19N9/c1-11-5-20-15-4-3-12(8-25(11)15)9-26(19)17-16(18)21-7-14(23-17)13-6-22-24(2)10-13/h3-8,10H,9,19H2,1-2H3,(H2,18,21). The van der Waals surface area contributed by atoms with Crippen molar-refractivity contribution in [2.75, 3.05) is 10.7 Å². The maximum Gasteiger partial charge on any atom is 0.186 e. The van der Waals surface area contributed by atoms with Crippen molar-refractivity contribution in [1.82, 2.24) is 29.1 Å². The molecule has 4 aromatic rings. The highest BCUT2D eigenvalue weighted by Gasteiger charge is 2.13. The summed E-state index contributed by atoms with van der Waals surface area (Å²) in [6, 6.07) is 3.94. The van der Waals surface area contributed by atoms with E-state index in [1.807, 2.05) is 49.1 Å². The number of imidazole rings is 1. The van der Waals surface area contributed by atoms with Gasteiger partial charge < -0.3 is 10.1 Å². The van der Waals surface area contributed by atoms with E-state index in [-0.39, 0.29) is 5.82 Å². The van der Waals surface area contributed by atoms with E-state index in [4.69, 9.17) is 11.6 Å². The highest BCUT2D eigenvalue weighted by molar-refractivity contribution is 5.65. The Labute approximate surface area is 149 Å². The molecular weight excluding hydrogens is 330 g/mol. The molecule has 9 nitrogen and oxygen atoms in total. The zero-order valence-corrected chi connectivity index (χ0v) is 14.5. The van der Waals surface area contributed by atoms with E-state index in [2.05, 4.69) is 20.1 Å². The topological polar surface area (TPSA) is 116 Å². The normalized spacial score (nSPS) is 11.2. The van der Waals surface area contributed by atoms with Crippen LogP contribution < -0.4 is 16.6 Å². The fourth-order valence-electron chi connectivity index (χ4n) is 2.80. The summed E-state index contributed by atoms with van der Waals surface area (Å²) in [4.78, 5) is 13.1. The molecule has 0 aromatic carbocycles. The number of anilines is 2. The molecule has 26 heavy (non-hydrogen) atoms. The molecule has 0 saturated carbocycles. The molecule has 0 aliphatic heterocycles. The number of hydrogen-bond donors (Lipinski definition) is 2. The van der Waals surface area contributed by atoms with E-state index in [9.17, 15) is 0 Å². The Hall–Kier alpha value is -3.46. The molecular formula is C17H19N9. The first-order valence-corrected chi connectivity index (χ1v) is 8.07. The Bertz CT molecular complexity index is 1080. The number of aryl methyl sites for hydroxylation is 2. The average Bonchev–Trinajstić information content (AvgIpc) is 3.22. The van der Waals surface area contributed by atoms with Gasteiger partial charge in [0.25, 0.3) is 0 Å². The molecule has 0 atom stereocenters. The molecule has 0 amide bonds. The molecule has 0 fully saturated rings. The summed E-state index contributed by atoms with van der Waals surface area (Å²) < 4.78 is 3.72. The third kappa shape index (κ3) is 2.84. The van der Waals surface area contributed by atoms with Crippen molar-refractivity contribution in [3.8, 4) is 11.3 Å². The van der Waals surface area contributed by atoms with Gasteiger partial charge in [-0.3, -0.25) is 9.69 Å². The Balaban J connectivity index is 1.64. The molecule has 4 rings (SSSR count). The van der Waals surface area contributed by atoms with Crippen LogP contribution in [0.4, 0.5) is 11.6 Å². The van der Waals surface area contributed by atoms with Crippen LogP contribution in [0.5, 0.6) is 0 Å². The van der Waals surface area contributed by atoms with Gasteiger partial charge in [0.15, 0.2) is 11.6 Å². The molecule has 0 bridgehead atoms. The zero-order valence-electron chi connectivity index (χ0n) is 14.5. The van der Waals surface area contributed by atoms with Gasteiger partial charge in [0.2, 0.25) is 0 Å². The first kappa shape index (κ1) is 16.0. The lowest BCUT2D eigenvalue weighted by Gasteiger charge is -2.19. The summed E-state index contributed by atoms with van der Waals surface area (Å²) in [5.74, 6) is 6.95. The van der Waals surface area contributed by atoms with E-state index in [0.717, 1.165) is 22.5 Å². The minimum Gasteiger partial charge on any atom is -0.381 e. The summed E-state index contributed by atoms with van der Waals surface area (Å²) in [7, 11) is 1.85. The Morgan fingerprint density at radius 2 is 1.96 bits per heavy atom. The van der Waals surface area contributed by atoms with Crippen LogP contribution in [-0.4, -0.2) is 29.1 Å². The SMILES string of the molecule is Cc1cnc2ccc(CN(N)c3nc(-c4cnn(C)c4)cnc3N)cn12. The number of aromatic nitrogens is 6. The second-order valence-corrected chi connectivity index (χ2v) is 6.16. The van der Waals surface area contributed by atoms with E-state index >= 15 is 0 Å². The van der Waals surface area contributed by atoms with Crippen LogP contribution in [0.25, 0.3) is 16.9 Å². The number of nitrogens with two attached hydrogens (primary N) is 2. The van der Waals surface area contributed by atoms with Crippen LogP contribution in [-0.2, 0) is 13.6 Å². The number of rotatable bonds is 4. The highest BCUT2D eigenvalue weighted by atomic mass is 15.4. The molecule has 0 unspecified atom stereocenters. The molecule has 0 aliphatic carbocycles. The lowest BCUT2D eigenvalue weighted by atomic mass is 10.2. The summed E-state index contributed by atoms with van der Waals surface area (Å²) in [5.41, 5.74) is 10.5. The predicted octanol–water partition coefficient (Wildman–Crippen LogP) is 1.30. The molecule has 4 heterocycles. The fraction of sp³-hybridized carbons (Fsp3) is 0.176. The van der Waals surface area contributed by atoms with Crippen LogP contribution >= 0.6 is 0 Å². The molecule has 4 N–H and O–H groups in total. The van der Waals surface area contributed by atoms with Crippen molar-refractivity contribution >= 4 is 17.3 Å². The first-order chi connectivity index (χ1) is 12.5. The number of nitrogen functional groups attached to an aromatic ring is 1. The maximum atomic E-state index is 6.24. The summed E-state index contributed by atoms with van der Waals surface area (Å²) in [6.07, 6.45) is 9.04. The summed E-state index contributed by atoms with van der Waals surface area (Å²) >= 11 is 0. The Morgan fingerprint density at radius 3 is 2.73 bits per heavy atom. The monoisotopic (exact) mass is 349 g/mol. The molecule has 0 spiro atoms.